The number of hydrogen-bond acceptors (Lipinski definition) is 7. The van der Waals surface area contributed by atoms with E-state index in [4.69, 9.17) is 24.2 Å². The van der Waals surface area contributed by atoms with E-state index in [1.807, 2.05) is 45.3 Å². The quantitative estimate of drug-likeness (QED) is 0.278. The Morgan fingerprint density at radius 2 is 1.93 bits per heavy atom. The van der Waals surface area contributed by atoms with E-state index in [-0.39, 0.29) is 23.7 Å². The van der Waals surface area contributed by atoms with Gasteiger partial charge in [-0.1, -0.05) is 31.5 Å². The minimum absolute atomic E-state index is 0.0649. The summed E-state index contributed by atoms with van der Waals surface area (Å²) >= 11 is 0. The highest BCUT2D eigenvalue weighted by molar-refractivity contribution is 5.95. The first-order valence-corrected chi connectivity index (χ1v) is 14.7. The Morgan fingerprint density at radius 3 is 2.63 bits per heavy atom. The molecule has 3 N–H and O–H groups in total. The van der Waals surface area contributed by atoms with E-state index in [2.05, 4.69) is 62.4 Å². The van der Waals surface area contributed by atoms with Crippen molar-refractivity contribution < 1.29 is 19.0 Å². The monoisotopic (exact) mass is 563 g/mol. The summed E-state index contributed by atoms with van der Waals surface area (Å²) in [4.78, 5) is 25.6. The molecule has 0 bridgehead atoms. The molecule has 222 valence electrons. The number of rotatable bonds is 8. The zero-order chi connectivity index (χ0) is 29.6. The third-order valence-electron chi connectivity index (χ3n) is 8.72. The summed E-state index contributed by atoms with van der Waals surface area (Å²) in [6.07, 6.45) is 6.09. The Kier molecular flexibility index (Phi) is 7.57. The van der Waals surface area contributed by atoms with Crippen molar-refractivity contribution in [2.75, 3.05) is 18.5 Å². The van der Waals surface area contributed by atoms with Crippen molar-refractivity contribution in [1.29, 1.82) is 0 Å². The minimum Gasteiger partial charge on any atom is -0.444 e. The fourth-order valence-corrected chi connectivity index (χ4v) is 5.65. The summed E-state index contributed by atoms with van der Waals surface area (Å²) in [6.45, 7) is 17.0. The number of ether oxygens (including phenoxy) is 3. The Balaban J connectivity index is 1.42. The van der Waals surface area contributed by atoms with Gasteiger partial charge in [-0.15, -0.1) is 0 Å². The van der Waals surface area contributed by atoms with Gasteiger partial charge < -0.3 is 29.8 Å². The molecule has 0 radical (unpaired) electrons. The average Bonchev–Trinajstić information content (AvgIpc) is 3.36. The van der Waals surface area contributed by atoms with Crippen molar-refractivity contribution in [2.24, 2.45) is 5.41 Å². The van der Waals surface area contributed by atoms with Gasteiger partial charge in [0.15, 0.2) is 0 Å². The van der Waals surface area contributed by atoms with Crippen molar-refractivity contribution in [2.45, 2.75) is 104 Å². The number of carbonyl (C=O) groups excluding carboxylic acids is 1. The van der Waals surface area contributed by atoms with E-state index in [9.17, 15) is 4.79 Å². The van der Waals surface area contributed by atoms with Gasteiger partial charge in [-0.05, 0) is 67.4 Å². The second-order valence-electron chi connectivity index (χ2n) is 13.6. The van der Waals surface area contributed by atoms with Crippen LogP contribution in [0.5, 0.6) is 0 Å². The summed E-state index contributed by atoms with van der Waals surface area (Å²) in [5.41, 5.74) is 2.23. The van der Waals surface area contributed by atoms with Crippen molar-refractivity contribution in [3.63, 3.8) is 0 Å². The smallest absolute Gasteiger partial charge is 0.407 e. The predicted molar refractivity (Wildman–Crippen MR) is 161 cm³/mol. The Morgan fingerprint density at radius 1 is 1.17 bits per heavy atom. The summed E-state index contributed by atoms with van der Waals surface area (Å²) < 4.78 is 18.4. The number of aromatic amines is 1. The molecule has 2 aliphatic rings. The van der Waals surface area contributed by atoms with E-state index in [1.54, 1.807) is 0 Å². The highest BCUT2D eigenvalue weighted by Crippen LogP contribution is 2.51. The van der Waals surface area contributed by atoms with Gasteiger partial charge in [0.2, 0.25) is 5.95 Å². The molecule has 2 aromatic heterocycles. The number of anilines is 1. The van der Waals surface area contributed by atoms with Gasteiger partial charge in [-0.3, -0.25) is 0 Å². The van der Waals surface area contributed by atoms with Gasteiger partial charge in [0, 0.05) is 52.4 Å². The number of nitrogens with zero attached hydrogens (tertiary/aromatic N) is 2. The normalized spacial score (nSPS) is 25.1. The van der Waals surface area contributed by atoms with Crippen LogP contribution in [0, 0.1) is 5.41 Å². The minimum atomic E-state index is -0.532. The van der Waals surface area contributed by atoms with E-state index in [0.717, 1.165) is 47.0 Å². The van der Waals surface area contributed by atoms with Crippen LogP contribution in [0.1, 0.15) is 86.3 Å². The first-order chi connectivity index (χ1) is 19.2. The molecule has 1 aliphatic carbocycles. The Labute approximate surface area is 243 Å². The van der Waals surface area contributed by atoms with Gasteiger partial charge in [0.1, 0.15) is 11.7 Å². The third-order valence-corrected chi connectivity index (χ3v) is 8.72. The number of aromatic nitrogens is 3. The molecule has 0 spiro atoms. The molecule has 3 atom stereocenters. The first-order valence-electron chi connectivity index (χ1n) is 14.7. The summed E-state index contributed by atoms with van der Waals surface area (Å²) in [5, 5.41) is 7.65. The first kappa shape index (κ1) is 29.3. The van der Waals surface area contributed by atoms with Gasteiger partial charge in [-0.25, -0.2) is 14.8 Å². The lowest BCUT2D eigenvalue weighted by atomic mass is 9.87. The van der Waals surface area contributed by atoms with Gasteiger partial charge in [0.05, 0.1) is 23.5 Å². The second-order valence-corrected chi connectivity index (χ2v) is 13.6. The van der Waals surface area contributed by atoms with Crippen LogP contribution in [0.25, 0.3) is 22.2 Å². The van der Waals surface area contributed by atoms with Crippen LogP contribution in [-0.2, 0) is 14.2 Å². The number of amides is 1. The lowest BCUT2D eigenvalue weighted by molar-refractivity contribution is -0.265. The lowest BCUT2D eigenvalue weighted by Gasteiger charge is -2.48. The van der Waals surface area contributed by atoms with Crippen LogP contribution in [0.2, 0.25) is 0 Å². The van der Waals surface area contributed by atoms with Crippen LogP contribution in [0.3, 0.4) is 0 Å². The number of para-hydroxylation sites is 1. The maximum absolute atomic E-state index is 12.4. The van der Waals surface area contributed by atoms with Crippen molar-refractivity contribution in [3.05, 3.63) is 42.2 Å². The van der Waals surface area contributed by atoms with Crippen molar-refractivity contribution in [1.82, 2.24) is 20.3 Å². The van der Waals surface area contributed by atoms with Crippen LogP contribution in [0.15, 0.2) is 36.7 Å². The molecular weight excluding hydrogens is 518 g/mol. The fourth-order valence-electron chi connectivity index (χ4n) is 5.65. The number of alkyl carbamates (subject to hydrolysis) is 1. The van der Waals surface area contributed by atoms with Gasteiger partial charge in [-0.2, -0.15) is 0 Å². The van der Waals surface area contributed by atoms with E-state index in [0.29, 0.717) is 19.1 Å². The van der Waals surface area contributed by atoms with Crippen LogP contribution >= 0.6 is 0 Å². The molecule has 2 fully saturated rings. The molecule has 41 heavy (non-hydrogen) atoms. The topological polar surface area (TPSA) is 110 Å². The van der Waals surface area contributed by atoms with E-state index in [1.165, 1.54) is 0 Å². The molecule has 1 saturated heterocycles. The molecule has 3 unspecified atom stereocenters. The van der Waals surface area contributed by atoms with E-state index >= 15 is 0 Å². The second kappa shape index (κ2) is 10.6. The molecule has 9 nitrogen and oxygen atoms in total. The molecular formula is C32H45N5O4. The van der Waals surface area contributed by atoms with Crippen LogP contribution in [0.4, 0.5) is 10.7 Å². The number of hydrogen-bond donors (Lipinski definition) is 3. The number of fused-ring (bicyclic) bond motifs is 1. The number of carbonyl (C=O) groups is 1. The number of benzene rings is 1. The third kappa shape index (κ3) is 6.06. The number of H-pyrrole nitrogens is 1. The number of nitrogens with one attached hydrogen (secondary N) is 3. The van der Waals surface area contributed by atoms with Gasteiger partial charge in [0.25, 0.3) is 0 Å². The molecule has 9 heteroatoms. The zero-order valence-corrected chi connectivity index (χ0v) is 25.7. The Hall–Kier alpha value is -3.17. The molecule has 1 amide bonds. The van der Waals surface area contributed by atoms with Crippen molar-refractivity contribution in [3.8, 4) is 11.3 Å². The highest BCUT2D eigenvalue weighted by Gasteiger charge is 2.54. The van der Waals surface area contributed by atoms with E-state index < -0.39 is 16.8 Å². The lowest BCUT2D eigenvalue weighted by Crippen LogP contribution is -2.54. The largest absolute Gasteiger partial charge is 0.444 e. The zero-order valence-electron chi connectivity index (χ0n) is 25.7. The summed E-state index contributed by atoms with van der Waals surface area (Å²) in [5.74, 6) is 0.561. The fraction of sp³-hybridized carbons (Fsp3) is 0.594. The molecule has 1 aromatic carbocycles. The molecule has 3 heterocycles. The summed E-state index contributed by atoms with van der Waals surface area (Å²) in [7, 11) is 0. The van der Waals surface area contributed by atoms with Crippen LogP contribution < -0.4 is 10.6 Å². The molecule has 1 saturated carbocycles. The van der Waals surface area contributed by atoms with Crippen LogP contribution in [-0.4, -0.2) is 57.0 Å². The maximum atomic E-state index is 12.4. The highest BCUT2D eigenvalue weighted by atomic mass is 16.6. The SMILES string of the molecule is CCCC1(CNC(=O)OC(C)(C)C)CC1Nc1ncc(C2COC(C)(C)C(C)(C)O2)c(-c2c[nH]c3ccccc23)n1. The predicted octanol–water partition coefficient (Wildman–Crippen LogP) is 6.77. The average molecular weight is 564 g/mol. The summed E-state index contributed by atoms with van der Waals surface area (Å²) in [6, 6.07) is 8.36. The molecule has 5 rings (SSSR count). The standard InChI is InChI=1S/C32H45N5O4/c1-9-14-32(19-35-28(38)41-29(2,3)4)15-25(32)36-27-34-17-22(24-18-39-30(5,6)31(7,8)40-24)26(37-27)21-16-33-23-13-11-10-12-20(21)23/h10-13,16-17,24-25,33H,9,14-15,18-19H2,1-8H3,(H,35,38)(H,34,36,37). The Bertz CT molecular complexity index is 1410. The van der Waals surface area contributed by atoms with Crippen molar-refractivity contribution >= 4 is 22.9 Å². The molecule has 1 aliphatic heterocycles. The van der Waals surface area contributed by atoms with Gasteiger partial charge >= 0.3 is 6.09 Å². The molecule has 3 aromatic rings. The maximum Gasteiger partial charge on any atom is 0.407 e.